The summed E-state index contributed by atoms with van der Waals surface area (Å²) in [5, 5.41) is 7.34. The molecular formula is C15H23N3O2. The van der Waals surface area contributed by atoms with Crippen molar-refractivity contribution < 1.29 is 9.47 Å². The minimum Gasteiger partial charge on any atom is -0.492 e. The highest BCUT2D eigenvalue weighted by Crippen LogP contribution is 2.12. The van der Waals surface area contributed by atoms with Crippen LogP contribution < -0.4 is 10.5 Å². The summed E-state index contributed by atoms with van der Waals surface area (Å²) in [4.78, 5) is 2.38. The lowest BCUT2D eigenvalue weighted by Crippen LogP contribution is -2.33. The van der Waals surface area contributed by atoms with Crippen LogP contribution in [-0.4, -0.2) is 49.7 Å². The number of nitrogen functional groups attached to an aromatic ring is 1. The molecule has 110 valence electrons. The Balaban J connectivity index is 1.76. The molecule has 1 aromatic carbocycles. The van der Waals surface area contributed by atoms with Crippen molar-refractivity contribution >= 4 is 5.84 Å². The first-order chi connectivity index (χ1) is 9.65. The maximum absolute atomic E-state index is 7.34. The van der Waals surface area contributed by atoms with Crippen LogP contribution in [-0.2, 0) is 4.74 Å². The predicted octanol–water partition coefficient (Wildman–Crippen LogP) is 1.46. The Morgan fingerprint density at radius 1 is 1.45 bits per heavy atom. The molecule has 0 radical (unpaired) electrons. The first-order valence-electron chi connectivity index (χ1n) is 7.06. The maximum Gasteiger partial charge on any atom is 0.122 e. The largest absolute Gasteiger partial charge is 0.492 e. The molecular weight excluding hydrogens is 254 g/mol. The van der Waals surface area contributed by atoms with Crippen LogP contribution >= 0.6 is 0 Å². The van der Waals surface area contributed by atoms with E-state index in [0.717, 1.165) is 44.0 Å². The molecule has 0 amide bonds. The van der Waals surface area contributed by atoms with Gasteiger partial charge in [0.25, 0.3) is 0 Å². The summed E-state index contributed by atoms with van der Waals surface area (Å²) in [6, 6.07) is 7.31. The molecule has 5 nitrogen and oxygen atoms in total. The lowest BCUT2D eigenvalue weighted by atomic mass is 10.2. The molecule has 1 unspecified atom stereocenters. The number of amidine groups is 1. The summed E-state index contributed by atoms with van der Waals surface area (Å²) in [5.41, 5.74) is 6.13. The molecule has 1 fully saturated rings. The molecule has 0 spiro atoms. The number of nitrogens with zero attached hydrogens (tertiary/aromatic N) is 1. The van der Waals surface area contributed by atoms with Crippen molar-refractivity contribution in [2.45, 2.75) is 19.4 Å². The van der Waals surface area contributed by atoms with Crippen LogP contribution in [0.5, 0.6) is 5.75 Å². The van der Waals surface area contributed by atoms with E-state index in [2.05, 4.69) is 11.8 Å². The summed E-state index contributed by atoms with van der Waals surface area (Å²) in [6.45, 7) is 6.56. The van der Waals surface area contributed by atoms with Crippen LogP contribution in [0.15, 0.2) is 24.3 Å². The number of ether oxygens (including phenoxy) is 2. The molecule has 1 atom stereocenters. The summed E-state index contributed by atoms with van der Waals surface area (Å²) in [6.07, 6.45) is 1.38. The van der Waals surface area contributed by atoms with E-state index in [-0.39, 0.29) is 5.84 Å². The first kappa shape index (κ1) is 14.8. The molecule has 20 heavy (non-hydrogen) atoms. The van der Waals surface area contributed by atoms with Crippen molar-refractivity contribution in [3.05, 3.63) is 29.8 Å². The van der Waals surface area contributed by atoms with Gasteiger partial charge < -0.3 is 15.2 Å². The fourth-order valence-corrected chi connectivity index (χ4v) is 2.31. The Morgan fingerprint density at radius 3 is 2.90 bits per heavy atom. The van der Waals surface area contributed by atoms with Crippen LogP contribution in [0.25, 0.3) is 0 Å². The van der Waals surface area contributed by atoms with Gasteiger partial charge in [0.2, 0.25) is 0 Å². The fraction of sp³-hybridized carbons (Fsp3) is 0.533. The summed E-state index contributed by atoms with van der Waals surface area (Å²) >= 11 is 0. The third-order valence-electron chi connectivity index (χ3n) is 3.38. The topological polar surface area (TPSA) is 71.6 Å². The van der Waals surface area contributed by atoms with Gasteiger partial charge in [-0.15, -0.1) is 0 Å². The summed E-state index contributed by atoms with van der Waals surface area (Å²) in [7, 11) is 0. The van der Waals surface area contributed by atoms with Gasteiger partial charge in [-0.2, -0.15) is 0 Å². The molecule has 1 saturated heterocycles. The Hall–Kier alpha value is -1.59. The third-order valence-corrected chi connectivity index (χ3v) is 3.38. The molecule has 0 aromatic heterocycles. The zero-order chi connectivity index (χ0) is 14.4. The number of benzene rings is 1. The summed E-state index contributed by atoms with van der Waals surface area (Å²) < 4.78 is 11.3. The standard InChI is InChI=1S/C15H23N3O2/c1-12-11-18(7-2-9-19-12)8-10-20-14-5-3-13(4-6-14)15(16)17/h3-6,12H,2,7-11H2,1H3,(H3,16,17). The Bertz CT molecular complexity index is 433. The van der Waals surface area contributed by atoms with Gasteiger partial charge in [-0.3, -0.25) is 10.3 Å². The molecule has 0 bridgehead atoms. The van der Waals surface area contributed by atoms with Gasteiger partial charge in [0.1, 0.15) is 18.2 Å². The van der Waals surface area contributed by atoms with E-state index in [9.17, 15) is 0 Å². The van der Waals surface area contributed by atoms with Gasteiger partial charge >= 0.3 is 0 Å². The molecule has 1 heterocycles. The van der Waals surface area contributed by atoms with Gasteiger partial charge in [-0.05, 0) is 37.6 Å². The van der Waals surface area contributed by atoms with Crippen molar-refractivity contribution in [2.75, 3.05) is 32.8 Å². The van der Waals surface area contributed by atoms with Crippen molar-refractivity contribution in [2.24, 2.45) is 5.73 Å². The molecule has 5 heteroatoms. The number of rotatable bonds is 5. The van der Waals surface area contributed by atoms with Gasteiger partial charge in [0.05, 0.1) is 6.10 Å². The number of nitrogens with one attached hydrogen (secondary N) is 1. The molecule has 1 aromatic rings. The first-order valence-corrected chi connectivity index (χ1v) is 7.06. The van der Waals surface area contributed by atoms with Crippen molar-refractivity contribution in [3.63, 3.8) is 0 Å². The van der Waals surface area contributed by atoms with Crippen molar-refractivity contribution in [3.8, 4) is 5.75 Å². The molecule has 1 aliphatic heterocycles. The van der Waals surface area contributed by atoms with Crippen LogP contribution in [0.1, 0.15) is 18.9 Å². The highest BCUT2D eigenvalue weighted by molar-refractivity contribution is 5.94. The quantitative estimate of drug-likeness (QED) is 0.631. The number of hydrogen-bond donors (Lipinski definition) is 2. The minimum absolute atomic E-state index is 0.0788. The molecule has 0 aliphatic carbocycles. The number of hydrogen-bond acceptors (Lipinski definition) is 4. The Kier molecular flexibility index (Phi) is 5.38. The Labute approximate surface area is 120 Å². The molecule has 0 saturated carbocycles. The van der Waals surface area contributed by atoms with Crippen molar-refractivity contribution in [1.82, 2.24) is 4.90 Å². The number of nitrogens with two attached hydrogens (primary N) is 1. The maximum atomic E-state index is 7.34. The molecule has 1 aliphatic rings. The van der Waals surface area contributed by atoms with Crippen LogP contribution in [0, 0.1) is 5.41 Å². The zero-order valence-electron chi connectivity index (χ0n) is 12.0. The van der Waals surface area contributed by atoms with E-state index in [0.29, 0.717) is 12.7 Å². The fourth-order valence-electron chi connectivity index (χ4n) is 2.31. The van der Waals surface area contributed by atoms with E-state index in [1.165, 1.54) is 0 Å². The second kappa shape index (κ2) is 7.26. The van der Waals surface area contributed by atoms with E-state index < -0.39 is 0 Å². The van der Waals surface area contributed by atoms with E-state index >= 15 is 0 Å². The lowest BCUT2D eigenvalue weighted by molar-refractivity contribution is 0.0658. The smallest absolute Gasteiger partial charge is 0.122 e. The van der Waals surface area contributed by atoms with E-state index in [1.807, 2.05) is 12.1 Å². The van der Waals surface area contributed by atoms with E-state index in [4.69, 9.17) is 20.6 Å². The van der Waals surface area contributed by atoms with Crippen LogP contribution in [0.4, 0.5) is 0 Å². The Morgan fingerprint density at radius 2 is 2.20 bits per heavy atom. The van der Waals surface area contributed by atoms with Crippen molar-refractivity contribution in [1.29, 1.82) is 5.41 Å². The monoisotopic (exact) mass is 277 g/mol. The average molecular weight is 277 g/mol. The van der Waals surface area contributed by atoms with E-state index in [1.54, 1.807) is 12.1 Å². The van der Waals surface area contributed by atoms with Gasteiger partial charge in [0, 0.05) is 31.8 Å². The second-order valence-corrected chi connectivity index (χ2v) is 5.12. The zero-order valence-corrected chi connectivity index (χ0v) is 12.0. The summed E-state index contributed by atoms with van der Waals surface area (Å²) in [5.74, 6) is 0.893. The van der Waals surface area contributed by atoms with Crippen LogP contribution in [0.3, 0.4) is 0 Å². The molecule has 3 N–H and O–H groups in total. The second-order valence-electron chi connectivity index (χ2n) is 5.12. The van der Waals surface area contributed by atoms with Gasteiger partial charge in [0.15, 0.2) is 0 Å². The highest BCUT2D eigenvalue weighted by Gasteiger charge is 2.14. The predicted molar refractivity (Wildman–Crippen MR) is 79.4 cm³/mol. The van der Waals surface area contributed by atoms with Gasteiger partial charge in [-0.25, -0.2) is 0 Å². The van der Waals surface area contributed by atoms with Crippen LogP contribution in [0.2, 0.25) is 0 Å². The average Bonchev–Trinajstić information content (AvgIpc) is 2.64. The SMILES string of the molecule is CC1CN(CCOc2ccc(C(=N)N)cc2)CCCO1. The van der Waals surface area contributed by atoms with Gasteiger partial charge in [-0.1, -0.05) is 0 Å². The normalized spacial score (nSPS) is 20.4. The third kappa shape index (κ3) is 4.51. The minimum atomic E-state index is 0.0788. The lowest BCUT2D eigenvalue weighted by Gasteiger charge is -2.21. The highest BCUT2D eigenvalue weighted by atomic mass is 16.5. The molecule has 2 rings (SSSR count).